The molecule has 2 aromatic rings. The zero-order valence-corrected chi connectivity index (χ0v) is 13.8. The van der Waals surface area contributed by atoms with E-state index in [0.717, 1.165) is 28.5 Å². The Kier molecular flexibility index (Phi) is 5.02. The molecule has 0 saturated carbocycles. The number of amides is 1. The van der Waals surface area contributed by atoms with Crippen molar-refractivity contribution in [3.8, 4) is 11.5 Å². The topological polar surface area (TPSA) is 59.6 Å². The molecule has 1 amide bonds. The van der Waals surface area contributed by atoms with Gasteiger partial charge in [0, 0.05) is 23.1 Å². The molecule has 6 heteroatoms. The van der Waals surface area contributed by atoms with E-state index in [1.165, 1.54) is 0 Å². The van der Waals surface area contributed by atoms with Gasteiger partial charge in [0.1, 0.15) is 6.04 Å². The number of ether oxygens (including phenoxy) is 2. The maximum Gasteiger partial charge on any atom is 0.242 e. The number of fused-ring (bicyclic) bond motifs is 1. The Bertz CT molecular complexity index is 658. The third kappa shape index (κ3) is 4.16. The number of anilines is 1. The first kappa shape index (κ1) is 15.7. The van der Waals surface area contributed by atoms with Gasteiger partial charge >= 0.3 is 0 Å². The smallest absolute Gasteiger partial charge is 0.242 e. The number of hydrogen-bond donors (Lipinski definition) is 2. The fourth-order valence-corrected chi connectivity index (χ4v) is 2.95. The quantitative estimate of drug-likeness (QED) is 0.883. The number of carbonyl (C=O) groups is 1. The zero-order chi connectivity index (χ0) is 16.1. The molecule has 1 aliphatic rings. The van der Waals surface area contributed by atoms with Crippen molar-refractivity contribution in [3.05, 3.63) is 40.6 Å². The first-order valence-electron chi connectivity index (χ1n) is 7.68. The summed E-state index contributed by atoms with van der Waals surface area (Å²) >= 11 is 1.63. The molecule has 122 valence electrons. The molecule has 0 radical (unpaired) electrons. The molecule has 1 aromatic carbocycles. The summed E-state index contributed by atoms with van der Waals surface area (Å²) in [7, 11) is 0. The van der Waals surface area contributed by atoms with Gasteiger partial charge in [-0.05, 0) is 30.5 Å². The van der Waals surface area contributed by atoms with E-state index in [9.17, 15) is 4.79 Å². The molecular formula is C17H20N2O3S. The number of benzene rings is 1. The number of carbonyl (C=O) groups excluding carboxylic acids is 1. The minimum atomic E-state index is -0.334. The van der Waals surface area contributed by atoms with Gasteiger partial charge in [-0.15, -0.1) is 11.3 Å². The minimum absolute atomic E-state index is 0.0366. The molecule has 1 atom stereocenters. The summed E-state index contributed by atoms with van der Waals surface area (Å²) in [6.07, 6.45) is 0.874. The SMILES string of the molecule is C[C@H](Nc1ccc2c(c1)OCCCO2)C(=O)NCc1cccs1. The summed E-state index contributed by atoms with van der Waals surface area (Å²) in [6.45, 7) is 3.71. The zero-order valence-electron chi connectivity index (χ0n) is 13.0. The molecule has 3 rings (SSSR count). The molecule has 2 heterocycles. The molecular weight excluding hydrogens is 312 g/mol. The van der Waals surface area contributed by atoms with E-state index in [4.69, 9.17) is 9.47 Å². The standard InChI is InChI=1S/C17H20N2O3S/c1-12(17(20)18-11-14-4-2-9-23-14)19-13-5-6-15-16(10-13)22-8-3-7-21-15/h2,4-6,9-10,12,19H,3,7-8,11H2,1H3,(H,18,20)/t12-/m0/s1. The summed E-state index contributed by atoms with van der Waals surface area (Å²) in [5.41, 5.74) is 0.841. The second-order valence-corrected chi connectivity index (χ2v) is 6.41. The molecule has 23 heavy (non-hydrogen) atoms. The molecule has 0 saturated heterocycles. The molecule has 0 bridgehead atoms. The van der Waals surface area contributed by atoms with Crippen LogP contribution in [0.15, 0.2) is 35.7 Å². The van der Waals surface area contributed by atoms with Crippen molar-refractivity contribution in [2.45, 2.75) is 25.9 Å². The largest absolute Gasteiger partial charge is 0.490 e. The van der Waals surface area contributed by atoms with Gasteiger partial charge in [0.25, 0.3) is 0 Å². The van der Waals surface area contributed by atoms with Crippen LogP contribution in [0.25, 0.3) is 0 Å². The Morgan fingerprint density at radius 3 is 2.87 bits per heavy atom. The van der Waals surface area contributed by atoms with E-state index >= 15 is 0 Å². The van der Waals surface area contributed by atoms with Crippen LogP contribution in [-0.4, -0.2) is 25.2 Å². The van der Waals surface area contributed by atoms with Crippen LogP contribution in [0.4, 0.5) is 5.69 Å². The van der Waals surface area contributed by atoms with Crippen LogP contribution in [0.5, 0.6) is 11.5 Å². The van der Waals surface area contributed by atoms with Crippen molar-refractivity contribution in [2.75, 3.05) is 18.5 Å². The maximum atomic E-state index is 12.2. The Balaban J connectivity index is 1.57. The Morgan fingerprint density at radius 2 is 2.09 bits per heavy atom. The van der Waals surface area contributed by atoms with Gasteiger partial charge in [-0.1, -0.05) is 6.07 Å². The number of hydrogen-bond acceptors (Lipinski definition) is 5. The van der Waals surface area contributed by atoms with Crippen molar-refractivity contribution >= 4 is 22.9 Å². The molecule has 2 N–H and O–H groups in total. The predicted octanol–water partition coefficient (Wildman–Crippen LogP) is 3.03. The summed E-state index contributed by atoms with van der Waals surface area (Å²) in [5, 5.41) is 8.13. The monoisotopic (exact) mass is 332 g/mol. The van der Waals surface area contributed by atoms with Crippen molar-refractivity contribution in [3.63, 3.8) is 0 Å². The van der Waals surface area contributed by atoms with E-state index in [1.54, 1.807) is 11.3 Å². The van der Waals surface area contributed by atoms with E-state index in [1.807, 2.05) is 42.6 Å². The average Bonchev–Trinajstić information content (AvgIpc) is 2.97. The van der Waals surface area contributed by atoms with Crippen molar-refractivity contribution < 1.29 is 14.3 Å². The number of thiophene rings is 1. The molecule has 1 aliphatic heterocycles. The lowest BCUT2D eigenvalue weighted by atomic mass is 10.2. The number of nitrogens with one attached hydrogen (secondary N) is 2. The van der Waals surface area contributed by atoms with Gasteiger partial charge in [0.05, 0.1) is 19.8 Å². The lowest BCUT2D eigenvalue weighted by molar-refractivity contribution is -0.121. The third-order valence-electron chi connectivity index (χ3n) is 3.54. The first-order valence-corrected chi connectivity index (χ1v) is 8.56. The average molecular weight is 332 g/mol. The molecule has 5 nitrogen and oxygen atoms in total. The summed E-state index contributed by atoms with van der Waals surface area (Å²) < 4.78 is 11.3. The van der Waals surface area contributed by atoms with Crippen LogP contribution in [0, 0.1) is 0 Å². The van der Waals surface area contributed by atoms with Crippen LogP contribution < -0.4 is 20.1 Å². The second-order valence-electron chi connectivity index (χ2n) is 5.38. The Hall–Kier alpha value is -2.21. The highest BCUT2D eigenvalue weighted by atomic mass is 32.1. The van der Waals surface area contributed by atoms with Crippen molar-refractivity contribution in [1.82, 2.24) is 5.32 Å². The van der Waals surface area contributed by atoms with Gasteiger partial charge < -0.3 is 20.1 Å². The van der Waals surface area contributed by atoms with Crippen molar-refractivity contribution in [1.29, 1.82) is 0 Å². The number of rotatable bonds is 5. The molecule has 1 aromatic heterocycles. The molecule has 0 unspecified atom stereocenters. The van der Waals surface area contributed by atoms with Crippen LogP contribution in [0.2, 0.25) is 0 Å². The lowest BCUT2D eigenvalue weighted by Gasteiger charge is -2.16. The fraction of sp³-hybridized carbons (Fsp3) is 0.353. The first-order chi connectivity index (χ1) is 11.2. The highest BCUT2D eigenvalue weighted by Crippen LogP contribution is 2.32. The molecule has 0 aliphatic carbocycles. The minimum Gasteiger partial charge on any atom is -0.490 e. The van der Waals surface area contributed by atoms with E-state index in [2.05, 4.69) is 10.6 Å². The van der Waals surface area contributed by atoms with Crippen LogP contribution in [-0.2, 0) is 11.3 Å². The summed E-state index contributed by atoms with van der Waals surface area (Å²) in [6, 6.07) is 9.30. The lowest BCUT2D eigenvalue weighted by Crippen LogP contribution is -2.37. The normalized spacial score (nSPS) is 14.7. The van der Waals surface area contributed by atoms with Gasteiger partial charge in [-0.25, -0.2) is 0 Å². The van der Waals surface area contributed by atoms with Crippen LogP contribution in [0.1, 0.15) is 18.2 Å². The van der Waals surface area contributed by atoms with E-state index in [-0.39, 0.29) is 11.9 Å². The molecule has 0 spiro atoms. The second kappa shape index (κ2) is 7.37. The highest BCUT2D eigenvalue weighted by molar-refractivity contribution is 7.09. The van der Waals surface area contributed by atoms with Gasteiger partial charge in [0.15, 0.2) is 11.5 Å². The van der Waals surface area contributed by atoms with Gasteiger partial charge in [-0.3, -0.25) is 4.79 Å². The Morgan fingerprint density at radius 1 is 1.26 bits per heavy atom. The fourth-order valence-electron chi connectivity index (χ4n) is 2.31. The summed E-state index contributed by atoms with van der Waals surface area (Å²) in [4.78, 5) is 13.3. The maximum absolute atomic E-state index is 12.2. The molecule has 0 fully saturated rings. The van der Waals surface area contributed by atoms with Gasteiger partial charge in [0.2, 0.25) is 5.91 Å². The van der Waals surface area contributed by atoms with E-state index < -0.39 is 0 Å². The highest BCUT2D eigenvalue weighted by Gasteiger charge is 2.15. The Labute approximate surface area is 139 Å². The summed E-state index contributed by atoms with van der Waals surface area (Å²) in [5.74, 6) is 1.44. The van der Waals surface area contributed by atoms with Gasteiger partial charge in [-0.2, -0.15) is 0 Å². The van der Waals surface area contributed by atoms with Crippen LogP contribution >= 0.6 is 11.3 Å². The van der Waals surface area contributed by atoms with Crippen molar-refractivity contribution in [2.24, 2.45) is 0 Å². The van der Waals surface area contributed by atoms with Crippen LogP contribution in [0.3, 0.4) is 0 Å². The third-order valence-corrected chi connectivity index (χ3v) is 4.42. The predicted molar refractivity (Wildman–Crippen MR) is 91.3 cm³/mol. The van der Waals surface area contributed by atoms with E-state index in [0.29, 0.717) is 19.8 Å².